The Bertz CT molecular complexity index is 998. The van der Waals surface area contributed by atoms with E-state index in [1.807, 2.05) is 0 Å². The smallest absolute Gasteiger partial charge is 0.240 e. The largest absolute Gasteiger partial charge is 0.441 e. The molecule has 5 nitrogen and oxygen atoms in total. The lowest BCUT2D eigenvalue weighted by Crippen LogP contribution is -2.26. The number of oxazole rings is 1. The van der Waals surface area contributed by atoms with E-state index in [-0.39, 0.29) is 17.3 Å². The van der Waals surface area contributed by atoms with Crippen molar-refractivity contribution in [3.63, 3.8) is 0 Å². The highest BCUT2D eigenvalue weighted by atomic mass is 32.2. The van der Waals surface area contributed by atoms with Crippen molar-refractivity contribution < 1.29 is 21.6 Å². The Morgan fingerprint density at radius 3 is 2.19 bits per heavy atom. The molecule has 0 spiro atoms. The summed E-state index contributed by atoms with van der Waals surface area (Å²) in [5.41, 5.74) is 1.23. The fourth-order valence-electron chi connectivity index (χ4n) is 2.38. The summed E-state index contributed by atoms with van der Waals surface area (Å²) in [6.07, 6.45) is 0.316. The van der Waals surface area contributed by atoms with Gasteiger partial charge in [-0.3, -0.25) is 0 Å². The number of rotatable bonds is 6. The van der Waals surface area contributed by atoms with Gasteiger partial charge in [-0.05, 0) is 55.5 Å². The van der Waals surface area contributed by atoms with E-state index in [2.05, 4.69) is 9.71 Å². The van der Waals surface area contributed by atoms with Gasteiger partial charge >= 0.3 is 0 Å². The highest BCUT2D eigenvalue weighted by Gasteiger charge is 2.15. The van der Waals surface area contributed by atoms with Crippen molar-refractivity contribution in [3.8, 4) is 11.5 Å². The summed E-state index contributed by atoms with van der Waals surface area (Å²) in [5, 5.41) is 0. The van der Waals surface area contributed by atoms with E-state index < -0.39 is 15.8 Å². The van der Waals surface area contributed by atoms with Gasteiger partial charge in [-0.1, -0.05) is 0 Å². The zero-order chi connectivity index (χ0) is 18.7. The van der Waals surface area contributed by atoms with Crippen LogP contribution in [-0.4, -0.2) is 19.9 Å². The number of aryl methyl sites for hydroxylation is 1. The molecule has 0 amide bonds. The lowest BCUT2D eigenvalue weighted by molar-refractivity contribution is 0.538. The van der Waals surface area contributed by atoms with Crippen LogP contribution in [0.3, 0.4) is 0 Å². The number of nitrogens with zero attached hydrogens (tertiary/aromatic N) is 1. The lowest BCUT2D eigenvalue weighted by atomic mass is 10.2. The molecule has 0 radical (unpaired) electrons. The van der Waals surface area contributed by atoms with E-state index in [0.29, 0.717) is 29.3 Å². The topological polar surface area (TPSA) is 72.2 Å². The Balaban J connectivity index is 1.66. The van der Waals surface area contributed by atoms with E-state index in [9.17, 15) is 17.2 Å². The minimum Gasteiger partial charge on any atom is -0.441 e. The molecule has 0 fully saturated rings. The van der Waals surface area contributed by atoms with Gasteiger partial charge in [0.25, 0.3) is 0 Å². The van der Waals surface area contributed by atoms with Crippen molar-refractivity contribution in [2.24, 2.45) is 0 Å². The van der Waals surface area contributed by atoms with Gasteiger partial charge in [-0.2, -0.15) is 0 Å². The van der Waals surface area contributed by atoms with Crippen LogP contribution in [-0.2, 0) is 16.4 Å². The van der Waals surface area contributed by atoms with Crippen LogP contribution in [0, 0.1) is 18.6 Å². The van der Waals surface area contributed by atoms with E-state index in [4.69, 9.17) is 4.42 Å². The third-order valence-corrected chi connectivity index (χ3v) is 5.24. The van der Waals surface area contributed by atoms with Crippen molar-refractivity contribution in [1.82, 2.24) is 9.71 Å². The number of aromatic nitrogens is 1. The van der Waals surface area contributed by atoms with Gasteiger partial charge in [0.1, 0.15) is 17.4 Å². The predicted octanol–water partition coefficient (Wildman–Crippen LogP) is 3.45. The molecule has 0 aliphatic rings. The monoisotopic (exact) mass is 378 g/mol. The van der Waals surface area contributed by atoms with Crippen LogP contribution >= 0.6 is 0 Å². The van der Waals surface area contributed by atoms with Crippen molar-refractivity contribution >= 4 is 10.0 Å². The zero-order valence-corrected chi connectivity index (χ0v) is 14.7. The summed E-state index contributed by atoms with van der Waals surface area (Å²) in [5.74, 6) is 0.0483. The molecule has 0 saturated carbocycles. The summed E-state index contributed by atoms with van der Waals surface area (Å²) in [6, 6.07) is 10.3. The molecule has 1 heterocycles. The maximum atomic E-state index is 13.0. The molecule has 26 heavy (non-hydrogen) atoms. The highest BCUT2D eigenvalue weighted by molar-refractivity contribution is 7.89. The third-order valence-electron chi connectivity index (χ3n) is 3.76. The van der Waals surface area contributed by atoms with Crippen molar-refractivity contribution in [3.05, 3.63) is 71.6 Å². The molecule has 0 atom stereocenters. The molecular formula is C18H16F2N2O3S. The first-order valence-corrected chi connectivity index (χ1v) is 9.31. The molecule has 0 aliphatic carbocycles. The summed E-state index contributed by atoms with van der Waals surface area (Å²) in [7, 11) is -3.73. The molecule has 1 N–H and O–H groups in total. The van der Waals surface area contributed by atoms with Crippen LogP contribution in [0.2, 0.25) is 0 Å². The number of nitrogens with one attached hydrogen (secondary N) is 1. The van der Waals surface area contributed by atoms with Gasteiger partial charge in [0.2, 0.25) is 15.9 Å². The van der Waals surface area contributed by atoms with Gasteiger partial charge in [-0.25, -0.2) is 26.9 Å². The molecule has 8 heteroatoms. The van der Waals surface area contributed by atoms with Gasteiger partial charge in [0, 0.05) is 18.5 Å². The van der Waals surface area contributed by atoms with Crippen LogP contribution in [0.4, 0.5) is 8.78 Å². The number of halogens is 2. The summed E-state index contributed by atoms with van der Waals surface area (Å²) in [4.78, 5) is 4.33. The maximum absolute atomic E-state index is 13.0. The SMILES string of the molecule is Cc1oc(-c2ccc(F)cc2)nc1CCNS(=O)(=O)c1ccc(F)cc1. The zero-order valence-electron chi connectivity index (χ0n) is 13.9. The first kappa shape index (κ1) is 18.2. The average molecular weight is 378 g/mol. The fraction of sp³-hybridized carbons (Fsp3) is 0.167. The Labute approximate surface area is 149 Å². The van der Waals surface area contributed by atoms with E-state index >= 15 is 0 Å². The van der Waals surface area contributed by atoms with Crippen LogP contribution in [0.1, 0.15) is 11.5 Å². The average Bonchev–Trinajstić information content (AvgIpc) is 2.97. The van der Waals surface area contributed by atoms with Gasteiger partial charge in [-0.15, -0.1) is 0 Å². The Morgan fingerprint density at radius 1 is 1.00 bits per heavy atom. The van der Waals surface area contributed by atoms with E-state index in [0.717, 1.165) is 12.1 Å². The molecule has 0 unspecified atom stereocenters. The highest BCUT2D eigenvalue weighted by Crippen LogP contribution is 2.22. The first-order chi connectivity index (χ1) is 12.3. The molecule has 136 valence electrons. The van der Waals surface area contributed by atoms with Gasteiger partial charge < -0.3 is 4.42 Å². The third kappa shape index (κ3) is 4.14. The van der Waals surface area contributed by atoms with Gasteiger partial charge in [0.05, 0.1) is 10.6 Å². The van der Waals surface area contributed by atoms with Crippen LogP contribution < -0.4 is 4.72 Å². The Hall–Kier alpha value is -2.58. The van der Waals surface area contributed by atoms with Gasteiger partial charge in [0.15, 0.2) is 0 Å². The summed E-state index contributed by atoms with van der Waals surface area (Å²) in [6.45, 7) is 1.83. The van der Waals surface area contributed by atoms with Crippen LogP contribution in [0.15, 0.2) is 57.8 Å². The molecule has 1 aromatic heterocycles. The molecular weight excluding hydrogens is 362 g/mol. The van der Waals surface area contributed by atoms with Crippen LogP contribution in [0.5, 0.6) is 0 Å². The second-order valence-electron chi connectivity index (χ2n) is 5.63. The number of sulfonamides is 1. The molecule has 3 rings (SSSR count). The standard InChI is InChI=1S/C18H16F2N2O3S/c1-12-17(22-18(25-12)13-2-4-14(19)5-3-13)10-11-21-26(23,24)16-8-6-15(20)7-9-16/h2-9,21H,10-11H2,1H3. The second kappa shape index (κ2) is 7.35. The minimum atomic E-state index is -3.73. The summed E-state index contributed by atoms with van der Waals surface area (Å²) >= 11 is 0. The minimum absolute atomic E-state index is 0.0113. The quantitative estimate of drug-likeness (QED) is 0.713. The van der Waals surface area contributed by atoms with E-state index in [1.54, 1.807) is 19.1 Å². The molecule has 0 saturated heterocycles. The normalized spacial score (nSPS) is 11.7. The van der Waals surface area contributed by atoms with Crippen molar-refractivity contribution in [2.45, 2.75) is 18.2 Å². The van der Waals surface area contributed by atoms with Crippen molar-refractivity contribution in [2.75, 3.05) is 6.54 Å². The molecule has 0 aliphatic heterocycles. The summed E-state index contributed by atoms with van der Waals surface area (Å²) < 4.78 is 58.2. The molecule has 3 aromatic rings. The van der Waals surface area contributed by atoms with Crippen molar-refractivity contribution in [1.29, 1.82) is 0 Å². The second-order valence-corrected chi connectivity index (χ2v) is 7.40. The lowest BCUT2D eigenvalue weighted by Gasteiger charge is -2.05. The Kier molecular flexibility index (Phi) is 5.15. The van der Waals surface area contributed by atoms with E-state index in [1.165, 1.54) is 24.3 Å². The fourth-order valence-corrected chi connectivity index (χ4v) is 3.41. The molecule has 0 bridgehead atoms. The maximum Gasteiger partial charge on any atom is 0.240 e. The van der Waals surface area contributed by atoms with Crippen LogP contribution in [0.25, 0.3) is 11.5 Å². The predicted molar refractivity (Wildman–Crippen MR) is 91.9 cm³/mol. The number of benzene rings is 2. The first-order valence-electron chi connectivity index (χ1n) is 7.82. The Morgan fingerprint density at radius 2 is 1.58 bits per heavy atom. The molecule has 2 aromatic carbocycles. The number of hydrogen-bond donors (Lipinski definition) is 1. The number of hydrogen-bond acceptors (Lipinski definition) is 4.